The molecule has 0 saturated heterocycles. The Morgan fingerprint density at radius 3 is 2.23 bits per heavy atom. The van der Waals surface area contributed by atoms with Gasteiger partial charge in [-0.15, -0.1) is 0 Å². The Kier molecular flexibility index (Phi) is 11.0. The zero-order valence-electron chi connectivity index (χ0n) is 22.7. The Morgan fingerprint density at radius 1 is 0.872 bits per heavy atom. The van der Waals surface area contributed by atoms with E-state index in [0.717, 1.165) is 5.56 Å². The fraction of sp³-hybridized carbons (Fsp3) is 0.448. The maximum Gasteiger partial charge on any atom is 0.342 e. The molecule has 0 saturated carbocycles. The molecule has 0 N–H and O–H groups in total. The molecule has 2 aromatic carbocycles. The minimum absolute atomic E-state index is 0.0744. The number of aryl methyl sites for hydroxylation is 1. The maximum atomic E-state index is 13.5. The fourth-order valence-corrected chi connectivity index (χ4v) is 4.21. The fourth-order valence-electron chi connectivity index (χ4n) is 4.21. The summed E-state index contributed by atoms with van der Waals surface area (Å²) in [6, 6.07) is 10.4. The van der Waals surface area contributed by atoms with Crippen molar-refractivity contribution in [3.05, 3.63) is 53.1 Å². The van der Waals surface area contributed by atoms with Crippen molar-refractivity contribution in [3.8, 4) is 17.2 Å². The topological polar surface area (TPSA) is 124 Å². The molecule has 2 aromatic rings. The van der Waals surface area contributed by atoms with Crippen molar-refractivity contribution < 1.29 is 47.6 Å². The average molecular weight is 543 g/mol. The van der Waals surface area contributed by atoms with Gasteiger partial charge in [0.15, 0.2) is 6.79 Å². The van der Waals surface area contributed by atoms with Crippen LogP contribution < -0.4 is 14.2 Å². The quantitative estimate of drug-likeness (QED) is 0.277. The summed E-state index contributed by atoms with van der Waals surface area (Å²) in [6.07, 6.45) is -1.35. The standard InChI is InChI=1S/C29H34O10/c1-18-25(37-16-19-8-10-21(35-3)11-9-19)13-12-24(31)28(32)23(30)7-5-6-20-14-22(36-4)15-26(38-17-34-2)27(20)29(33)39-18/h8-11,14-15,18,25H,5-7,12-13,16-17H2,1-4H3/t18-,25+/m0/s1. The van der Waals surface area contributed by atoms with Crippen LogP contribution in [0, 0.1) is 0 Å². The minimum atomic E-state index is -1.03. The lowest BCUT2D eigenvalue weighted by atomic mass is 9.96. The summed E-state index contributed by atoms with van der Waals surface area (Å²) in [4.78, 5) is 50.9. The number of fused-ring (bicyclic) bond motifs is 1. The van der Waals surface area contributed by atoms with E-state index in [2.05, 4.69) is 0 Å². The number of methoxy groups -OCH3 is 3. The number of esters is 1. The molecule has 1 aliphatic rings. The average Bonchev–Trinajstić information content (AvgIpc) is 2.94. The van der Waals surface area contributed by atoms with Crippen LogP contribution in [0.25, 0.3) is 0 Å². The van der Waals surface area contributed by atoms with Gasteiger partial charge in [0.2, 0.25) is 11.6 Å². The maximum absolute atomic E-state index is 13.5. The van der Waals surface area contributed by atoms with E-state index in [1.54, 1.807) is 38.3 Å². The molecule has 10 nitrogen and oxygen atoms in total. The molecular formula is C29H34O10. The molecule has 0 unspecified atom stereocenters. The van der Waals surface area contributed by atoms with Gasteiger partial charge in [-0.3, -0.25) is 14.4 Å². The van der Waals surface area contributed by atoms with Crippen LogP contribution >= 0.6 is 0 Å². The first kappa shape index (κ1) is 29.8. The first-order valence-corrected chi connectivity index (χ1v) is 12.7. The van der Waals surface area contributed by atoms with Crippen molar-refractivity contribution in [1.29, 1.82) is 0 Å². The minimum Gasteiger partial charge on any atom is -0.497 e. The van der Waals surface area contributed by atoms with Gasteiger partial charge in [0.1, 0.15) is 28.9 Å². The summed E-state index contributed by atoms with van der Waals surface area (Å²) >= 11 is 0. The van der Waals surface area contributed by atoms with E-state index in [4.69, 9.17) is 28.4 Å². The number of carbonyl (C=O) groups excluding carboxylic acids is 4. The largest absolute Gasteiger partial charge is 0.497 e. The van der Waals surface area contributed by atoms with E-state index >= 15 is 0 Å². The summed E-state index contributed by atoms with van der Waals surface area (Å²) in [5, 5.41) is 0. The first-order chi connectivity index (χ1) is 18.8. The SMILES string of the molecule is COCOc1cc(OC)cc2c1C(=O)O[C@@H](C)[C@H](OCc1ccc(OC)cc1)CCC(=O)C(=O)C(=O)CCC2. The van der Waals surface area contributed by atoms with Gasteiger partial charge in [0.25, 0.3) is 5.78 Å². The molecule has 1 heterocycles. The second-order valence-electron chi connectivity index (χ2n) is 9.09. The van der Waals surface area contributed by atoms with Crippen molar-refractivity contribution in [1.82, 2.24) is 0 Å². The zero-order chi connectivity index (χ0) is 28.4. The third-order valence-electron chi connectivity index (χ3n) is 6.38. The molecule has 0 aromatic heterocycles. The van der Waals surface area contributed by atoms with Crippen LogP contribution in [0.3, 0.4) is 0 Å². The number of benzene rings is 2. The lowest BCUT2D eigenvalue weighted by Crippen LogP contribution is -2.33. The number of ketones is 3. The summed E-state index contributed by atoms with van der Waals surface area (Å²) < 4.78 is 33.1. The van der Waals surface area contributed by atoms with Gasteiger partial charge >= 0.3 is 5.97 Å². The summed E-state index contributed by atoms with van der Waals surface area (Å²) in [5.41, 5.74) is 1.51. The van der Waals surface area contributed by atoms with E-state index in [-0.39, 0.29) is 56.8 Å². The van der Waals surface area contributed by atoms with Gasteiger partial charge in [0, 0.05) is 26.0 Å². The second kappa shape index (κ2) is 14.4. The van der Waals surface area contributed by atoms with Gasteiger partial charge in [0.05, 0.1) is 26.9 Å². The predicted molar refractivity (Wildman–Crippen MR) is 139 cm³/mol. The highest BCUT2D eigenvalue weighted by atomic mass is 16.7. The van der Waals surface area contributed by atoms with Gasteiger partial charge < -0.3 is 28.4 Å². The molecule has 0 bridgehead atoms. The van der Waals surface area contributed by atoms with E-state index in [9.17, 15) is 19.2 Å². The highest BCUT2D eigenvalue weighted by molar-refractivity contribution is 6.63. The summed E-state index contributed by atoms with van der Waals surface area (Å²) in [7, 11) is 4.50. The molecule has 0 amide bonds. The van der Waals surface area contributed by atoms with Gasteiger partial charge in [-0.1, -0.05) is 12.1 Å². The van der Waals surface area contributed by atoms with Crippen molar-refractivity contribution >= 4 is 23.3 Å². The van der Waals surface area contributed by atoms with Gasteiger partial charge in [-0.25, -0.2) is 4.79 Å². The number of carbonyl (C=O) groups is 4. The lowest BCUT2D eigenvalue weighted by Gasteiger charge is -2.26. The number of rotatable bonds is 8. The number of ether oxygens (including phenoxy) is 6. The molecule has 10 heteroatoms. The Labute approximate surface area is 227 Å². The molecule has 1 aliphatic heterocycles. The highest BCUT2D eigenvalue weighted by Crippen LogP contribution is 2.32. The molecule has 0 aliphatic carbocycles. The van der Waals surface area contributed by atoms with Crippen LogP contribution in [0.2, 0.25) is 0 Å². The number of cyclic esters (lactones) is 1. The molecule has 3 rings (SSSR count). The number of hydrogen-bond donors (Lipinski definition) is 0. The van der Waals surface area contributed by atoms with Crippen LogP contribution in [0.1, 0.15) is 54.1 Å². The molecular weight excluding hydrogens is 508 g/mol. The Hall–Kier alpha value is -3.76. The van der Waals surface area contributed by atoms with Crippen LogP contribution in [0.15, 0.2) is 36.4 Å². The molecule has 0 spiro atoms. The summed E-state index contributed by atoms with van der Waals surface area (Å²) in [6.45, 7) is 1.69. The van der Waals surface area contributed by atoms with Crippen LogP contribution in [0.5, 0.6) is 17.2 Å². The molecule has 2 atom stereocenters. The molecule has 210 valence electrons. The third-order valence-corrected chi connectivity index (χ3v) is 6.38. The zero-order valence-corrected chi connectivity index (χ0v) is 22.7. The summed E-state index contributed by atoms with van der Waals surface area (Å²) in [5.74, 6) is -1.91. The smallest absolute Gasteiger partial charge is 0.342 e. The Bertz CT molecular complexity index is 1170. The van der Waals surface area contributed by atoms with Crippen molar-refractivity contribution in [3.63, 3.8) is 0 Å². The highest BCUT2D eigenvalue weighted by Gasteiger charge is 2.30. The van der Waals surface area contributed by atoms with Crippen LogP contribution in [-0.2, 0) is 41.6 Å². The van der Waals surface area contributed by atoms with Crippen molar-refractivity contribution in [2.24, 2.45) is 0 Å². The van der Waals surface area contributed by atoms with E-state index < -0.39 is 35.5 Å². The second-order valence-corrected chi connectivity index (χ2v) is 9.09. The van der Waals surface area contributed by atoms with Crippen molar-refractivity contribution in [2.75, 3.05) is 28.1 Å². The third kappa shape index (κ3) is 8.11. The lowest BCUT2D eigenvalue weighted by molar-refractivity contribution is -0.144. The van der Waals surface area contributed by atoms with E-state index in [1.165, 1.54) is 14.2 Å². The Morgan fingerprint density at radius 2 is 1.56 bits per heavy atom. The Balaban J connectivity index is 1.93. The van der Waals surface area contributed by atoms with Crippen LogP contribution in [0.4, 0.5) is 0 Å². The first-order valence-electron chi connectivity index (χ1n) is 12.7. The molecule has 0 radical (unpaired) electrons. The monoisotopic (exact) mass is 542 g/mol. The number of Topliss-reactive ketones (excluding diaryl/α,β-unsaturated/α-hetero) is 3. The molecule has 39 heavy (non-hydrogen) atoms. The van der Waals surface area contributed by atoms with Gasteiger partial charge in [-0.05, 0) is 55.5 Å². The van der Waals surface area contributed by atoms with E-state index in [0.29, 0.717) is 17.1 Å². The van der Waals surface area contributed by atoms with E-state index in [1.807, 2.05) is 12.1 Å². The van der Waals surface area contributed by atoms with Crippen LogP contribution in [-0.4, -0.2) is 63.6 Å². The van der Waals surface area contributed by atoms with Gasteiger partial charge in [-0.2, -0.15) is 0 Å². The predicted octanol–water partition coefficient (Wildman–Crippen LogP) is 3.64. The van der Waals surface area contributed by atoms with Crippen molar-refractivity contribution in [2.45, 2.75) is 57.8 Å². The molecule has 0 fully saturated rings. The number of hydrogen-bond acceptors (Lipinski definition) is 10. The normalized spacial score (nSPS) is 19.1.